The summed E-state index contributed by atoms with van der Waals surface area (Å²) >= 11 is 0. The van der Waals surface area contributed by atoms with E-state index in [4.69, 9.17) is 28.6 Å². The molecule has 0 spiro atoms. The maximum atomic E-state index is 6.75. The summed E-state index contributed by atoms with van der Waals surface area (Å²) in [7, 11) is 2.93. The Hall–Kier alpha value is -3.77. The third-order valence-electron chi connectivity index (χ3n) is 10.2. The molecule has 4 heterocycles. The minimum atomic E-state index is -1.89. The fourth-order valence-corrected chi connectivity index (χ4v) is 7.23. The first kappa shape index (κ1) is 32.2. The topological polar surface area (TPSA) is 101 Å². The van der Waals surface area contributed by atoms with Crippen molar-refractivity contribution in [3.63, 3.8) is 0 Å². The highest BCUT2D eigenvalue weighted by Crippen LogP contribution is 2.42. The van der Waals surface area contributed by atoms with Crippen LogP contribution in [-0.4, -0.2) is 72.9 Å². The number of benzene rings is 1. The van der Waals surface area contributed by atoms with Gasteiger partial charge in [0.2, 0.25) is 11.7 Å². The van der Waals surface area contributed by atoms with Crippen LogP contribution < -0.4 is 24.4 Å². The van der Waals surface area contributed by atoms with Crippen LogP contribution in [0, 0.1) is 6.92 Å². The number of anilines is 3. The maximum Gasteiger partial charge on any atom is 0.232 e. The number of aromatic nitrogens is 5. The van der Waals surface area contributed by atoms with Gasteiger partial charge in [-0.15, -0.1) is 0 Å². The molecule has 1 aliphatic heterocycles. The second kappa shape index (κ2) is 12.4. The molecule has 0 radical (unpaired) electrons. The number of methoxy groups -OCH3 is 3. The summed E-state index contributed by atoms with van der Waals surface area (Å²) < 4.78 is 27.7. The molecule has 12 heteroatoms. The van der Waals surface area contributed by atoms with E-state index in [0.29, 0.717) is 41.7 Å². The minimum Gasteiger partial charge on any atom is -0.493 e. The van der Waals surface area contributed by atoms with Gasteiger partial charge in [0, 0.05) is 30.9 Å². The number of hydrogen-bond donors (Lipinski definition) is 1. The van der Waals surface area contributed by atoms with Gasteiger partial charge in [0.05, 0.1) is 51.2 Å². The number of aryl methyl sites for hydroxylation is 1. The zero-order valence-corrected chi connectivity index (χ0v) is 29.8. The van der Waals surface area contributed by atoms with Crippen LogP contribution in [0.25, 0.3) is 16.7 Å². The van der Waals surface area contributed by atoms with E-state index in [1.165, 1.54) is 24.8 Å². The predicted molar refractivity (Wildman–Crippen MR) is 185 cm³/mol. The Morgan fingerprint density at radius 1 is 0.957 bits per heavy atom. The second-order valence-corrected chi connectivity index (χ2v) is 18.9. The molecule has 1 saturated heterocycles. The van der Waals surface area contributed by atoms with Crippen LogP contribution in [0.3, 0.4) is 0 Å². The molecular formula is C34H49N7O4Si. The average Bonchev–Trinajstić information content (AvgIpc) is 3.73. The predicted octanol–water partition coefficient (Wildman–Crippen LogP) is 7.41. The summed E-state index contributed by atoms with van der Waals surface area (Å²) in [5, 5.41) is 4.73. The molecule has 2 fully saturated rings. The minimum absolute atomic E-state index is 0.164. The van der Waals surface area contributed by atoms with E-state index in [9.17, 15) is 0 Å². The molecule has 1 saturated carbocycles. The zero-order chi connectivity index (χ0) is 32.8. The van der Waals surface area contributed by atoms with Gasteiger partial charge < -0.3 is 38.0 Å². The van der Waals surface area contributed by atoms with Gasteiger partial charge in [-0.2, -0.15) is 9.97 Å². The first-order chi connectivity index (χ1) is 21.9. The lowest BCUT2D eigenvalue weighted by molar-refractivity contribution is 0.263. The number of imidazole rings is 1. The average molecular weight is 648 g/mol. The van der Waals surface area contributed by atoms with Crippen LogP contribution in [0.4, 0.5) is 17.6 Å². The first-order valence-corrected chi connectivity index (χ1v) is 19.3. The number of rotatable bonds is 11. The standard InChI is InChI=1S/C34H49N7O4Si/c1-22-18-41(23-12-10-13-23)32-29(22)31(40-15-11-14-24(40)20-45-46(8,9)34(2,3)4)37-33(38-32)36-28-19-39(21-35-28)25-16-26(42-5)30(44-7)27(17-25)43-6/h16-19,21,23-24H,10-15,20H2,1-9H3,(H,36,37,38)/t24-/m0/s1. The Labute approximate surface area is 273 Å². The van der Waals surface area contributed by atoms with E-state index in [1.54, 1.807) is 27.7 Å². The Bertz CT molecular complexity index is 1680. The molecule has 1 aromatic carbocycles. The maximum absolute atomic E-state index is 6.75. The van der Waals surface area contributed by atoms with Crippen molar-refractivity contribution in [2.75, 3.05) is 44.7 Å². The van der Waals surface area contributed by atoms with E-state index in [-0.39, 0.29) is 11.1 Å². The van der Waals surface area contributed by atoms with Crippen molar-refractivity contribution in [1.82, 2.24) is 24.1 Å². The summed E-state index contributed by atoms with van der Waals surface area (Å²) in [4.78, 5) is 17.4. The zero-order valence-electron chi connectivity index (χ0n) is 28.8. The number of fused-ring (bicyclic) bond motifs is 1. The third kappa shape index (κ3) is 5.92. The van der Waals surface area contributed by atoms with Crippen LogP contribution in [0.1, 0.15) is 64.5 Å². The Balaban J connectivity index is 1.35. The number of hydrogen-bond acceptors (Lipinski definition) is 9. The van der Waals surface area contributed by atoms with Crippen molar-refractivity contribution in [2.45, 2.75) is 90.0 Å². The van der Waals surface area contributed by atoms with Crippen molar-refractivity contribution in [2.24, 2.45) is 0 Å². The monoisotopic (exact) mass is 647 g/mol. The molecule has 3 aromatic heterocycles. The van der Waals surface area contributed by atoms with E-state index < -0.39 is 8.32 Å². The van der Waals surface area contributed by atoms with E-state index in [0.717, 1.165) is 41.9 Å². The van der Waals surface area contributed by atoms with Crippen LogP contribution in [0.5, 0.6) is 17.2 Å². The number of ether oxygens (including phenoxy) is 3. The van der Waals surface area contributed by atoms with Gasteiger partial charge in [-0.25, -0.2) is 4.98 Å². The second-order valence-electron chi connectivity index (χ2n) is 14.1. The van der Waals surface area contributed by atoms with Gasteiger partial charge in [-0.1, -0.05) is 20.8 Å². The smallest absolute Gasteiger partial charge is 0.232 e. The molecule has 2 aliphatic rings. The lowest BCUT2D eigenvalue weighted by Crippen LogP contribution is -2.45. The Kier molecular flexibility index (Phi) is 8.70. The van der Waals surface area contributed by atoms with Gasteiger partial charge in [0.15, 0.2) is 25.6 Å². The normalized spacial score (nSPS) is 17.4. The molecule has 11 nitrogen and oxygen atoms in total. The summed E-state index contributed by atoms with van der Waals surface area (Å²) in [5.41, 5.74) is 3.02. The molecule has 248 valence electrons. The molecular weight excluding hydrogens is 599 g/mol. The van der Waals surface area contributed by atoms with Gasteiger partial charge in [0.25, 0.3) is 0 Å². The summed E-state index contributed by atoms with van der Waals surface area (Å²) in [5.74, 6) is 3.84. The van der Waals surface area contributed by atoms with Gasteiger partial charge in [0.1, 0.15) is 17.8 Å². The lowest BCUT2D eigenvalue weighted by atomic mass is 9.93. The van der Waals surface area contributed by atoms with E-state index in [2.05, 4.69) is 66.8 Å². The molecule has 1 aliphatic carbocycles. The summed E-state index contributed by atoms with van der Waals surface area (Å²) in [6.45, 7) is 15.4. The van der Waals surface area contributed by atoms with Crippen LogP contribution in [0.15, 0.2) is 30.9 Å². The molecule has 1 N–H and O–H groups in total. The van der Waals surface area contributed by atoms with Crippen LogP contribution >= 0.6 is 0 Å². The molecule has 0 unspecified atom stereocenters. The first-order valence-electron chi connectivity index (χ1n) is 16.3. The van der Waals surface area contributed by atoms with Crippen molar-refractivity contribution in [3.8, 4) is 22.9 Å². The highest BCUT2D eigenvalue weighted by molar-refractivity contribution is 6.74. The van der Waals surface area contributed by atoms with Crippen molar-refractivity contribution in [3.05, 3.63) is 36.4 Å². The third-order valence-corrected chi connectivity index (χ3v) is 14.7. The van der Waals surface area contributed by atoms with Crippen LogP contribution in [-0.2, 0) is 4.43 Å². The summed E-state index contributed by atoms with van der Waals surface area (Å²) in [6.07, 6.45) is 11.7. The van der Waals surface area contributed by atoms with Gasteiger partial charge in [-0.05, 0) is 62.7 Å². The highest BCUT2D eigenvalue weighted by atomic mass is 28.4. The van der Waals surface area contributed by atoms with Gasteiger partial charge >= 0.3 is 0 Å². The lowest BCUT2D eigenvalue weighted by Gasteiger charge is -2.38. The SMILES string of the molecule is COc1cc(-n2cnc(Nc3nc(N4CCC[C@H]4CO[Si](C)(C)C(C)(C)C)c4c(C)cn(C5CCC5)c4n3)c2)cc(OC)c1OC. The van der Waals surface area contributed by atoms with Crippen molar-refractivity contribution >= 4 is 36.9 Å². The molecule has 0 bridgehead atoms. The quantitative estimate of drug-likeness (QED) is 0.167. The van der Waals surface area contributed by atoms with Crippen LogP contribution in [0.2, 0.25) is 18.1 Å². The number of nitrogens with one attached hydrogen (secondary N) is 1. The van der Waals surface area contributed by atoms with E-state index >= 15 is 0 Å². The fourth-order valence-electron chi connectivity index (χ4n) is 6.19. The number of nitrogens with zero attached hydrogens (tertiary/aromatic N) is 6. The molecule has 0 amide bonds. The Morgan fingerprint density at radius 2 is 1.67 bits per heavy atom. The Morgan fingerprint density at radius 3 is 2.28 bits per heavy atom. The van der Waals surface area contributed by atoms with Crippen molar-refractivity contribution < 1.29 is 18.6 Å². The van der Waals surface area contributed by atoms with Crippen molar-refractivity contribution in [1.29, 1.82) is 0 Å². The highest BCUT2D eigenvalue weighted by Gasteiger charge is 2.39. The molecule has 46 heavy (non-hydrogen) atoms. The van der Waals surface area contributed by atoms with Gasteiger partial charge in [-0.3, -0.25) is 0 Å². The fraction of sp³-hybridized carbons (Fsp3) is 0.559. The summed E-state index contributed by atoms with van der Waals surface area (Å²) in [6, 6.07) is 4.52. The largest absolute Gasteiger partial charge is 0.493 e. The van der Waals surface area contributed by atoms with E-state index in [1.807, 2.05) is 22.9 Å². The molecule has 6 rings (SSSR count). The molecule has 1 atom stereocenters. The molecule has 4 aromatic rings.